The molecule has 4 nitrogen and oxygen atoms in total. The van der Waals surface area contributed by atoms with Crippen LogP contribution in [0.2, 0.25) is 5.15 Å². The van der Waals surface area contributed by atoms with E-state index >= 15 is 0 Å². The zero-order valence-electron chi connectivity index (χ0n) is 10.1. The number of hydrogen-bond acceptors (Lipinski definition) is 3. The third kappa shape index (κ3) is 2.84. The van der Waals surface area contributed by atoms with Gasteiger partial charge in [-0.05, 0) is 38.1 Å². The quantitative estimate of drug-likeness (QED) is 0.846. The van der Waals surface area contributed by atoms with E-state index < -0.39 is 0 Å². The van der Waals surface area contributed by atoms with Crippen molar-refractivity contribution in [2.24, 2.45) is 0 Å². The Morgan fingerprint density at radius 2 is 2.00 bits per heavy atom. The maximum atomic E-state index is 11.9. The van der Waals surface area contributed by atoms with Crippen LogP contribution in [0.5, 0.6) is 0 Å². The molecule has 0 aliphatic rings. The number of aromatic nitrogens is 2. The van der Waals surface area contributed by atoms with Gasteiger partial charge < -0.3 is 5.32 Å². The van der Waals surface area contributed by atoms with E-state index in [1.807, 2.05) is 26.0 Å². The van der Waals surface area contributed by atoms with Gasteiger partial charge in [-0.3, -0.25) is 9.78 Å². The van der Waals surface area contributed by atoms with E-state index in [9.17, 15) is 4.79 Å². The molecule has 0 spiro atoms. The molecule has 0 aromatic carbocycles. The topological polar surface area (TPSA) is 54.9 Å². The van der Waals surface area contributed by atoms with Gasteiger partial charge in [-0.15, -0.1) is 0 Å². The molecule has 0 bridgehead atoms. The Kier molecular flexibility index (Phi) is 3.58. The third-order valence-electron chi connectivity index (χ3n) is 2.46. The maximum Gasteiger partial charge on any atom is 0.257 e. The van der Waals surface area contributed by atoms with Crippen molar-refractivity contribution in [3.8, 4) is 0 Å². The smallest absolute Gasteiger partial charge is 0.257 e. The Hall–Kier alpha value is -1.94. The Labute approximate surface area is 110 Å². The minimum Gasteiger partial charge on any atom is -0.320 e. The van der Waals surface area contributed by atoms with E-state index in [1.165, 1.54) is 6.20 Å². The average molecular weight is 262 g/mol. The molecule has 2 heterocycles. The van der Waals surface area contributed by atoms with Gasteiger partial charge in [-0.25, -0.2) is 4.98 Å². The van der Waals surface area contributed by atoms with Crippen LogP contribution in [0.25, 0.3) is 0 Å². The SMILES string of the molecule is Cc1ccc(NC(=O)c2ccc(Cl)nc2)c(C)n1. The molecule has 0 fully saturated rings. The molecule has 0 radical (unpaired) electrons. The highest BCUT2D eigenvalue weighted by Crippen LogP contribution is 2.14. The molecule has 18 heavy (non-hydrogen) atoms. The zero-order chi connectivity index (χ0) is 13.1. The summed E-state index contributed by atoms with van der Waals surface area (Å²) in [5, 5.41) is 3.15. The number of nitrogens with zero attached hydrogens (tertiary/aromatic N) is 2. The van der Waals surface area contributed by atoms with Crippen molar-refractivity contribution in [1.82, 2.24) is 9.97 Å². The lowest BCUT2D eigenvalue weighted by molar-refractivity contribution is 0.102. The number of carbonyl (C=O) groups is 1. The minimum atomic E-state index is -0.229. The predicted molar refractivity (Wildman–Crippen MR) is 70.9 cm³/mol. The van der Waals surface area contributed by atoms with Crippen molar-refractivity contribution in [3.63, 3.8) is 0 Å². The van der Waals surface area contributed by atoms with Crippen LogP contribution in [0.3, 0.4) is 0 Å². The van der Waals surface area contributed by atoms with Gasteiger partial charge in [0.25, 0.3) is 5.91 Å². The van der Waals surface area contributed by atoms with E-state index in [0.29, 0.717) is 16.4 Å². The first-order chi connectivity index (χ1) is 8.56. The van der Waals surface area contributed by atoms with Crippen molar-refractivity contribution < 1.29 is 4.79 Å². The summed E-state index contributed by atoms with van der Waals surface area (Å²) in [6.45, 7) is 3.75. The molecular formula is C13H12ClN3O. The van der Waals surface area contributed by atoms with Gasteiger partial charge in [0.15, 0.2) is 0 Å². The van der Waals surface area contributed by atoms with Gasteiger partial charge in [-0.1, -0.05) is 11.6 Å². The van der Waals surface area contributed by atoms with Crippen molar-refractivity contribution in [3.05, 3.63) is 52.6 Å². The number of aryl methyl sites for hydroxylation is 2. The summed E-state index contributed by atoms with van der Waals surface area (Å²) in [6, 6.07) is 6.89. The van der Waals surface area contributed by atoms with Crippen molar-refractivity contribution in [2.75, 3.05) is 5.32 Å². The Balaban J connectivity index is 2.18. The van der Waals surface area contributed by atoms with E-state index in [1.54, 1.807) is 12.1 Å². The molecule has 2 rings (SSSR count). The molecule has 1 N–H and O–H groups in total. The van der Waals surface area contributed by atoms with Crippen LogP contribution in [-0.2, 0) is 0 Å². The first-order valence-electron chi connectivity index (χ1n) is 5.43. The number of hydrogen-bond donors (Lipinski definition) is 1. The molecule has 2 aromatic heterocycles. The Bertz CT molecular complexity index is 581. The summed E-state index contributed by atoms with van der Waals surface area (Å²) in [5.74, 6) is -0.229. The maximum absolute atomic E-state index is 11.9. The van der Waals surface area contributed by atoms with Crippen molar-refractivity contribution >= 4 is 23.2 Å². The fourth-order valence-electron chi connectivity index (χ4n) is 1.52. The van der Waals surface area contributed by atoms with Crippen molar-refractivity contribution in [2.45, 2.75) is 13.8 Å². The number of halogens is 1. The first-order valence-corrected chi connectivity index (χ1v) is 5.81. The van der Waals surface area contributed by atoms with Crippen LogP contribution in [0.15, 0.2) is 30.5 Å². The molecule has 0 aliphatic carbocycles. The van der Waals surface area contributed by atoms with E-state index in [4.69, 9.17) is 11.6 Å². The monoisotopic (exact) mass is 261 g/mol. The minimum absolute atomic E-state index is 0.229. The molecule has 0 aliphatic heterocycles. The van der Waals surface area contributed by atoms with Gasteiger partial charge in [-0.2, -0.15) is 0 Å². The molecular weight excluding hydrogens is 250 g/mol. The van der Waals surface area contributed by atoms with Crippen LogP contribution < -0.4 is 5.32 Å². The van der Waals surface area contributed by atoms with Gasteiger partial charge in [0.05, 0.1) is 16.9 Å². The van der Waals surface area contributed by atoms with Crippen LogP contribution in [-0.4, -0.2) is 15.9 Å². The average Bonchev–Trinajstić information content (AvgIpc) is 2.33. The Morgan fingerprint density at radius 3 is 2.61 bits per heavy atom. The fraction of sp³-hybridized carbons (Fsp3) is 0.154. The molecule has 0 atom stereocenters. The second-order valence-electron chi connectivity index (χ2n) is 3.91. The van der Waals surface area contributed by atoms with E-state index in [2.05, 4.69) is 15.3 Å². The summed E-state index contributed by atoms with van der Waals surface area (Å²) in [4.78, 5) is 20.1. The summed E-state index contributed by atoms with van der Waals surface area (Å²) in [6.07, 6.45) is 1.44. The zero-order valence-corrected chi connectivity index (χ0v) is 10.8. The normalized spacial score (nSPS) is 10.2. The molecule has 1 amide bonds. The van der Waals surface area contributed by atoms with Crippen LogP contribution in [0, 0.1) is 13.8 Å². The predicted octanol–water partition coefficient (Wildman–Crippen LogP) is 3.00. The Morgan fingerprint density at radius 1 is 1.22 bits per heavy atom. The molecule has 5 heteroatoms. The summed E-state index contributed by atoms with van der Waals surface area (Å²) in [7, 11) is 0. The van der Waals surface area contributed by atoms with E-state index in [-0.39, 0.29) is 5.91 Å². The van der Waals surface area contributed by atoms with E-state index in [0.717, 1.165) is 11.4 Å². The van der Waals surface area contributed by atoms with Crippen LogP contribution in [0.1, 0.15) is 21.7 Å². The fourth-order valence-corrected chi connectivity index (χ4v) is 1.64. The number of nitrogens with one attached hydrogen (secondary N) is 1. The highest BCUT2D eigenvalue weighted by Gasteiger charge is 2.08. The molecule has 92 valence electrons. The molecule has 0 unspecified atom stereocenters. The molecule has 0 saturated heterocycles. The van der Waals surface area contributed by atoms with Gasteiger partial charge in [0, 0.05) is 11.9 Å². The summed E-state index contributed by atoms with van der Waals surface area (Å²) < 4.78 is 0. The number of anilines is 1. The molecule has 0 saturated carbocycles. The lowest BCUT2D eigenvalue weighted by Gasteiger charge is -2.08. The molecule has 2 aromatic rings. The lowest BCUT2D eigenvalue weighted by atomic mass is 10.2. The van der Waals surface area contributed by atoms with Gasteiger partial charge >= 0.3 is 0 Å². The highest BCUT2D eigenvalue weighted by molar-refractivity contribution is 6.29. The third-order valence-corrected chi connectivity index (χ3v) is 2.69. The first kappa shape index (κ1) is 12.5. The highest BCUT2D eigenvalue weighted by atomic mass is 35.5. The number of carbonyl (C=O) groups excluding carboxylic acids is 1. The van der Waals surface area contributed by atoms with Crippen LogP contribution in [0.4, 0.5) is 5.69 Å². The summed E-state index contributed by atoms with van der Waals surface area (Å²) in [5.41, 5.74) is 2.85. The summed E-state index contributed by atoms with van der Waals surface area (Å²) >= 11 is 5.67. The van der Waals surface area contributed by atoms with Gasteiger partial charge in [0.1, 0.15) is 5.15 Å². The lowest BCUT2D eigenvalue weighted by Crippen LogP contribution is -2.13. The van der Waals surface area contributed by atoms with Gasteiger partial charge in [0.2, 0.25) is 0 Å². The second kappa shape index (κ2) is 5.14. The number of pyridine rings is 2. The standard InChI is InChI=1S/C13H12ClN3O/c1-8-3-5-11(9(2)16-8)17-13(18)10-4-6-12(14)15-7-10/h3-7H,1-2H3,(H,17,18). The van der Waals surface area contributed by atoms with Crippen molar-refractivity contribution in [1.29, 1.82) is 0 Å². The van der Waals surface area contributed by atoms with Crippen LogP contribution >= 0.6 is 11.6 Å². The number of amides is 1. The number of rotatable bonds is 2. The largest absolute Gasteiger partial charge is 0.320 e. The second-order valence-corrected chi connectivity index (χ2v) is 4.30.